The smallest absolute Gasteiger partial charge is 0.416 e. The lowest BCUT2D eigenvalue weighted by Gasteiger charge is -2.08. The minimum Gasteiger partial charge on any atom is -0.423 e. The summed E-state index contributed by atoms with van der Waals surface area (Å²) in [5.41, 5.74) is -0.897. The predicted octanol–water partition coefficient (Wildman–Crippen LogP) is 2.96. The summed E-state index contributed by atoms with van der Waals surface area (Å²) in [4.78, 5) is 22.2. The molecule has 0 bridgehead atoms. The summed E-state index contributed by atoms with van der Waals surface area (Å²) >= 11 is 0. The number of ether oxygens (including phenoxy) is 1. The number of rotatable bonds is 3. The topological polar surface area (TPSA) is 43.4 Å². The third-order valence-electron chi connectivity index (χ3n) is 1.99. The second-order valence-electron chi connectivity index (χ2n) is 3.42. The quantitative estimate of drug-likeness (QED) is 0.362. The average molecular weight is 258 g/mol. The van der Waals surface area contributed by atoms with Gasteiger partial charge in [-0.25, -0.2) is 0 Å². The Morgan fingerprint density at radius 3 is 2.06 bits per heavy atom. The van der Waals surface area contributed by atoms with Gasteiger partial charge in [-0.15, -0.1) is 0 Å². The van der Waals surface area contributed by atoms with Crippen molar-refractivity contribution in [2.75, 3.05) is 0 Å². The third kappa shape index (κ3) is 3.44. The molecule has 18 heavy (non-hydrogen) atoms. The van der Waals surface area contributed by atoms with Gasteiger partial charge in [0.15, 0.2) is 5.76 Å². The van der Waals surface area contributed by atoms with E-state index in [9.17, 15) is 22.8 Å². The molecule has 0 saturated heterocycles. The number of allylic oxidation sites excluding steroid dienone is 1. The van der Waals surface area contributed by atoms with E-state index in [1.807, 2.05) is 0 Å². The van der Waals surface area contributed by atoms with E-state index >= 15 is 0 Å². The lowest BCUT2D eigenvalue weighted by atomic mass is 10.1. The molecule has 0 aliphatic carbocycles. The van der Waals surface area contributed by atoms with Crippen LogP contribution in [0.25, 0.3) is 0 Å². The molecule has 96 valence electrons. The molecule has 0 fully saturated rings. The Kier molecular flexibility index (Phi) is 3.90. The molecule has 0 saturated carbocycles. The predicted molar refractivity (Wildman–Crippen MR) is 56.7 cm³/mol. The maximum atomic E-state index is 12.3. The van der Waals surface area contributed by atoms with Crippen molar-refractivity contribution in [3.8, 4) is 0 Å². The number of esters is 1. The maximum absolute atomic E-state index is 12.3. The molecular weight excluding hydrogens is 249 g/mol. The first-order valence-electron chi connectivity index (χ1n) is 4.81. The van der Waals surface area contributed by atoms with Crippen LogP contribution in [0.1, 0.15) is 22.8 Å². The van der Waals surface area contributed by atoms with Crippen LogP contribution in [0.3, 0.4) is 0 Å². The van der Waals surface area contributed by atoms with Crippen LogP contribution in [0.2, 0.25) is 0 Å². The Balaban J connectivity index is 2.89. The Morgan fingerprint density at radius 1 is 1.17 bits per heavy atom. The molecule has 0 atom stereocenters. The number of alkyl halides is 3. The zero-order valence-electron chi connectivity index (χ0n) is 9.38. The summed E-state index contributed by atoms with van der Waals surface area (Å²) in [6.07, 6.45) is -4.46. The van der Waals surface area contributed by atoms with Crippen molar-refractivity contribution in [1.82, 2.24) is 0 Å². The van der Waals surface area contributed by atoms with Gasteiger partial charge in [0.2, 0.25) is 5.78 Å². The first-order valence-corrected chi connectivity index (χ1v) is 4.81. The van der Waals surface area contributed by atoms with E-state index < -0.39 is 29.3 Å². The lowest BCUT2D eigenvalue weighted by molar-refractivity contribution is -0.138. The molecule has 0 heterocycles. The fraction of sp³-hybridized carbons (Fsp3) is 0.167. The first kappa shape index (κ1) is 14.0. The van der Waals surface area contributed by atoms with Crippen LogP contribution in [-0.2, 0) is 15.7 Å². The number of hydrogen-bond acceptors (Lipinski definition) is 3. The summed E-state index contributed by atoms with van der Waals surface area (Å²) in [6.45, 7) is 4.32. The van der Waals surface area contributed by atoms with Crippen molar-refractivity contribution in [3.63, 3.8) is 0 Å². The van der Waals surface area contributed by atoms with Crippen LogP contribution < -0.4 is 0 Å². The monoisotopic (exact) mass is 258 g/mol. The highest BCUT2D eigenvalue weighted by Crippen LogP contribution is 2.29. The van der Waals surface area contributed by atoms with Gasteiger partial charge in [-0.2, -0.15) is 13.2 Å². The molecular formula is C12H9F3O3. The highest BCUT2D eigenvalue weighted by Gasteiger charge is 2.30. The average Bonchev–Trinajstić information content (AvgIpc) is 2.26. The molecule has 1 aromatic carbocycles. The normalized spacial score (nSPS) is 10.9. The van der Waals surface area contributed by atoms with Crippen molar-refractivity contribution >= 4 is 11.8 Å². The third-order valence-corrected chi connectivity index (χ3v) is 1.99. The van der Waals surface area contributed by atoms with Gasteiger partial charge in [0.05, 0.1) is 5.56 Å². The van der Waals surface area contributed by atoms with Gasteiger partial charge in [-0.1, -0.05) is 18.7 Å². The molecule has 0 aliphatic heterocycles. The first-order chi connectivity index (χ1) is 8.21. The molecule has 6 heteroatoms. The largest absolute Gasteiger partial charge is 0.423 e. The van der Waals surface area contributed by atoms with E-state index in [0.717, 1.165) is 31.2 Å². The van der Waals surface area contributed by atoms with E-state index in [-0.39, 0.29) is 5.56 Å². The summed E-state index contributed by atoms with van der Waals surface area (Å²) in [7, 11) is 0. The van der Waals surface area contributed by atoms with Crippen LogP contribution in [0, 0.1) is 0 Å². The second-order valence-corrected chi connectivity index (χ2v) is 3.42. The molecule has 3 nitrogen and oxygen atoms in total. The number of hydrogen-bond donors (Lipinski definition) is 0. The lowest BCUT2D eigenvalue weighted by Crippen LogP contribution is -2.10. The Bertz CT molecular complexity index is 486. The molecule has 0 aromatic heterocycles. The van der Waals surface area contributed by atoms with Crippen molar-refractivity contribution in [3.05, 3.63) is 47.7 Å². The van der Waals surface area contributed by atoms with E-state index in [4.69, 9.17) is 0 Å². The fourth-order valence-corrected chi connectivity index (χ4v) is 1.19. The van der Waals surface area contributed by atoms with Crippen molar-refractivity contribution < 1.29 is 27.5 Å². The molecule has 0 unspecified atom stereocenters. The number of carbonyl (C=O) groups is 2. The van der Waals surface area contributed by atoms with Crippen LogP contribution in [0.5, 0.6) is 0 Å². The Morgan fingerprint density at radius 2 is 1.67 bits per heavy atom. The van der Waals surface area contributed by atoms with Crippen LogP contribution in [0.15, 0.2) is 36.6 Å². The van der Waals surface area contributed by atoms with E-state index in [1.54, 1.807) is 0 Å². The molecule has 0 amide bonds. The Hall–Kier alpha value is -2.11. The van der Waals surface area contributed by atoms with E-state index in [2.05, 4.69) is 11.3 Å². The maximum Gasteiger partial charge on any atom is 0.416 e. The summed E-state index contributed by atoms with van der Waals surface area (Å²) in [5.74, 6) is -1.89. The van der Waals surface area contributed by atoms with Gasteiger partial charge < -0.3 is 4.74 Å². The number of Topliss-reactive ketones (excluding diaryl/α,β-unsaturated/α-hetero) is 1. The van der Waals surface area contributed by atoms with Gasteiger partial charge in [0.25, 0.3) is 0 Å². The number of carbonyl (C=O) groups excluding carboxylic acids is 2. The zero-order valence-corrected chi connectivity index (χ0v) is 9.38. The molecule has 0 radical (unpaired) electrons. The standard InChI is InChI=1S/C12H9F3O3/c1-7(18-8(2)16)11(17)9-3-5-10(6-4-9)12(13,14)15/h3-6H,1H2,2H3. The minimum absolute atomic E-state index is 0.0331. The van der Waals surface area contributed by atoms with Crippen molar-refractivity contribution in [2.45, 2.75) is 13.1 Å². The van der Waals surface area contributed by atoms with E-state index in [0.29, 0.717) is 0 Å². The molecule has 1 aromatic rings. The number of benzene rings is 1. The van der Waals surface area contributed by atoms with Gasteiger partial charge in [0.1, 0.15) is 0 Å². The van der Waals surface area contributed by atoms with Gasteiger partial charge in [0, 0.05) is 12.5 Å². The molecule has 0 aliphatic rings. The SMILES string of the molecule is C=C(OC(C)=O)C(=O)c1ccc(C(F)(F)F)cc1. The molecule has 1 rings (SSSR count). The fourth-order valence-electron chi connectivity index (χ4n) is 1.19. The highest BCUT2D eigenvalue weighted by molar-refractivity contribution is 6.07. The van der Waals surface area contributed by atoms with Crippen LogP contribution in [-0.4, -0.2) is 11.8 Å². The van der Waals surface area contributed by atoms with Crippen molar-refractivity contribution in [2.24, 2.45) is 0 Å². The van der Waals surface area contributed by atoms with Gasteiger partial charge in [-0.05, 0) is 12.1 Å². The molecule has 0 N–H and O–H groups in total. The number of ketones is 1. The van der Waals surface area contributed by atoms with E-state index in [1.165, 1.54) is 0 Å². The summed E-state index contributed by atoms with van der Waals surface area (Å²) < 4.78 is 41.3. The minimum atomic E-state index is -4.46. The summed E-state index contributed by atoms with van der Waals surface area (Å²) in [5, 5.41) is 0. The number of halogens is 3. The van der Waals surface area contributed by atoms with Gasteiger partial charge in [-0.3, -0.25) is 9.59 Å². The van der Waals surface area contributed by atoms with Crippen molar-refractivity contribution in [1.29, 1.82) is 0 Å². The second kappa shape index (κ2) is 5.03. The van der Waals surface area contributed by atoms with Crippen LogP contribution >= 0.6 is 0 Å². The Labute approximate surface area is 101 Å². The highest BCUT2D eigenvalue weighted by atomic mass is 19.4. The van der Waals surface area contributed by atoms with Gasteiger partial charge >= 0.3 is 12.1 Å². The summed E-state index contributed by atoms with van der Waals surface area (Å²) in [6, 6.07) is 3.54. The van der Waals surface area contributed by atoms with Crippen LogP contribution in [0.4, 0.5) is 13.2 Å². The zero-order chi connectivity index (χ0) is 13.9. The molecule has 0 spiro atoms.